The van der Waals surface area contributed by atoms with E-state index in [1.54, 1.807) is 0 Å². The van der Waals surface area contributed by atoms with Crippen LogP contribution >= 0.6 is 0 Å². The number of aromatic nitrogens is 3. The molecule has 1 atom stereocenters. The number of piperidine rings is 1. The predicted octanol–water partition coefficient (Wildman–Crippen LogP) is 3.72. The Morgan fingerprint density at radius 2 is 1.78 bits per heavy atom. The molecular formula is C24H27F4N5O3. The van der Waals surface area contributed by atoms with Crippen molar-refractivity contribution in [1.82, 2.24) is 19.5 Å². The molecule has 0 saturated carbocycles. The van der Waals surface area contributed by atoms with Crippen LogP contribution in [0.5, 0.6) is 0 Å². The van der Waals surface area contributed by atoms with Crippen molar-refractivity contribution in [3.8, 4) is 0 Å². The van der Waals surface area contributed by atoms with E-state index < -0.39 is 12.1 Å². The molecule has 194 valence electrons. The monoisotopic (exact) mass is 509 g/mol. The minimum atomic E-state index is -5.08. The van der Waals surface area contributed by atoms with Crippen LogP contribution < -0.4 is 4.90 Å². The molecule has 2 aliphatic rings. The van der Waals surface area contributed by atoms with Gasteiger partial charge in [-0.25, -0.2) is 18.7 Å². The molecule has 0 bridgehead atoms. The maximum Gasteiger partial charge on any atom is 0.490 e. The Bertz CT molecular complexity index is 1160. The number of carbonyl (C=O) groups is 1. The van der Waals surface area contributed by atoms with Crippen molar-refractivity contribution in [2.75, 3.05) is 44.3 Å². The van der Waals surface area contributed by atoms with Crippen LogP contribution in [0.2, 0.25) is 0 Å². The third-order valence-electron chi connectivity index (χ3n) is 6.14. The van der Waals surface area contributed by atoms with Gasteiger partial charge in [-0.1, -0.05) is 12.1 Å². The zero-order chi connectivity index (χ0) is 25.7. The van der Waals surface area contributed by atoms with Crippen molar-refractivity contribution in [1.29, 1.82) is 0 Å². The first-order valence-corrected chi connectivity index (χ1v) is 11.6. The van der Waals surface area contributed by atoms with Crippen molar-refractivity contribution in [2.24, 2.45) is 0 Å². The number of hydrogen-bond acceptors (Lipinski definition) is 6. The van der Waals surface area contributed by atoms with E-state index in [2.05, 4.69) is 28.1 Å². The summed E-state index contributed by atoms with van der Waals surface area (Å²) >= 11 is 0. The first-order chi connectivity index (χ1) is 17.2. The lowest BCUT2D eigenvalue weighted by Crippen LogP contribution is -2.36. The summed E-state index contributed by atoms with van der Waals surface area (Å²) in [7, 11) is 0. The number of ether oxygens (including phenoxy) is 1. The highest BCUT2D eigenvalue weighted by molar-refractivity contribution is 5.73. The van der Waals surface area contributed by atoms with Crippen LogP contribution in [0.15, 0.2) is 42.6 Å². The Morgan fingerprint density at radius 3 is 2.44 bits per heavy atom. The number of carboxylic acids is 1. The van der Waals surface area contributed by atoms with Gasteiger partial charge in [-0.15, -0.1) is 0 Å². The smallest absolute Gasteiger partial charge is 0.475 e. The van der Waals surface area contributed by atoms with Crippen molar-refractivity contribution in [3.63, 3.8) is 0 Å². The topological polar surface area (TPSA) is 83.2 Å². The van der Waals surface area contributed by atoms with E-state index in [4.69, 9.17) is 24.7 Å². The number of fused-ring (bicyclic) bond motifs is 1. The molecule has 0 aliphatic carbocycles. The van der Waals surface area contributed by atoms with Crippen molar-refractivity contribution in [3.05, 3.63) is 59.8 Å². The fraction of sp³-hybridized carbons (Fsp3) is 0.458. The van der Waals surface area contributed by atoms with Crippen molar-refractivity contribution < 1.29 is 32.2 Å². The van der Waals surface area contributed by atoms with Crippen LogP contribution in [0.25, 0.3) is 5.65 Å². The fourth-order valence-electron chi connectivity index (χ4n) is 4.33. The average Bonchev–Trinajstić information content (AvgIpc) is 3.30. The number of hydrogen-bond donors (Lipinski definition) is 1. The maximum absolute atomic E-state index is 13.2. The number of rotatable bonds is 4. The lowest BCUT2D eigenvalue weighted by Gasteiger charge is -2.31. The maximum atomic E-state index is 13.2. The molecule has 4 heterocycles. The number of anilines is 1. The average molecular weight is 510 g/mol. The predicted molar refractivity (Wildman–Crippen MR) is 123 cm³/mol. The highest BCUT2D eigenvalue weighted by Crippen LogP contribution is 2.27. The van der Waals surface area contributed by atoms with Crippen LogP contribution in [0, 0.1) is 5.82 Å². The third kappa shape index (κ3) is 6.70. The highest BCUT2D eigenvalue weighted by Gasteiger charge is 2.38. The summed E-state index contributed by atoms with van der Waals surface area (Å²) in [6.07, 6.45) is -0.774. The molecule has 5 rings (SSSR count). The van der Waals surface area contributed by atoms with Gasteiger partial charge in [0.2, 0.25) is 0 Å². The molecule has 0 spiro atoms. The molecule has 12 heteroatoms. The number of pyridine rings is 1. The molecule has 0 amide bonds. The fourth-order valence-corrected chi connectivity index (χ4v) is 4.33. The van der Waals surface area contributed by atoms with E-state index in [9.17, 15) is 17.6 Å². The highest BCUT2D eigenvalue weighted by atomic mass is 19.4. The van der Waals surface area contributed by atoms with E-state index in [1.165, 1.54) is 17.8 Å². The van der Waals surface area contributed by atoms with Crippen LogP contribution in [0.4, 0.5) is 23.2 Å². The van der Waals surface area contributed by atoms with Gasteiger partial charge in [-0.3, -0.25) is 4.90 Å². The normalized spacial score (nSPS) is 19.1. The second kappa shape index (κ2) is 11.2. The summed E-state index contributed by atoms with van der Waals surface area (Å²) in [6.45, 7) is 6.19. The Labute approximate surface area is 205 Å². The van der Waals surface area contributed by atoms with Gasteiger partial charge in [0.1, 0.15) is 5.82 Å². The molecule has 2 saturated heterocycles. The molecule has 8 nitrogen and oxygen atoms in total. The molecule has 3 aromatic rings. The van der Waals surface area contributed by atoms with Gasteiger partial charge in [0.15, 0.2) is 11.5 Å². The number of likely N-dealkylation sites (tertiary alicyclic amines) is 1. The van der Waals surface area contributed by atoms with Crippen molar-refractivity contribution in [2.45, 2.75) is 31.5 Å². The zero-order valence-electron chi connectivity index (χ0n) is 19.5. The van der Waals surface area contributed by atoms with Gasteiger partial charge in [0.05, 0.1) is 25.1 Å². The molecule has 1 aromatic carbocycles. The lowest BCUT2D eigenvalue weighted by atomic mass is 9.97. The number of carboxylic acid groups (broad SMARTS) is 1. The summed E-state index contributed by atoms with van der Waals surface area (Å²) in [4.78, 5) is 18.5. The van der Waals surface area contributed by atoms with Gasteiger partial charge in [-0.2, -0.15) is 18.3 Å². The lowest BCUT2D eigenvalue weighted by molar-refractivity contribution is -0.192. The number of alkyl halides is 3. The molecular weight excluding hydrogens is 482 g/mol. The molecule has 0 radical (unpaired) electrons. The SMILES string of the molecule is Fc1ccc(CN2CCCC(c3nc4ccc(N5CCOCC5)cn4n3)C2)cc1.O=C(O)C(F)(F)F. The zero-order valence-corrected chi connectivity index (χ0v) is 19.5. The number of nitrogens with zero attached hydrogens (tertiary/aromatic N) is 5. The summed E-state index contributed by atoms with van der Waals surface area (Å²) in [6, 6.07) is 11.0. The summed E-state index contributed by atoms with van der Waals surface area (Å²) in [5, 5.41) is 11.9. The standard InChI is InChI=1S/C22H26FN5O.C2HF3O2/c23-19-5-3-17(4-6-19)14-26-9-1-2-18(15-26)22-24-21-8-7-20(16-28(21)25-22)27-10-12-29-13-11-27;3-2(4,5)1(6)7/h3-8,16,18H,1-2,9-15H2;(H,6,7). The Morgan fingerprint density at radius 1 is 1.08 bits per heavy atom. The molecule has 36 heavy (non-hydrogen) atoms. The van der Waals surface area contributed by atoms with Crippen LogP contribution in [-0.2, 0) is 16.1 Å². The number of aliphatic carboxylic acids is 1. The molecule has 1 unspecified atom stereocenters. The minimum Gasteiger partial charge on any atom is -0.475 e. The van der Waals surface area contributed by atoms with Gasteiger partial charge in [0, 0.05) is 32.1 Å². The quantitative estimate of drug-likeness (QED) is 0.537. The third-order valence-corrected chi connectivity index (χ3v) is 6.14. The molecule has 1 N–H and O–H groups in total. The Hall–Kier alpha value is -3.25. The van der Waals surface area contributed by atoms with Gasteiger partial charge in [-0.05, 0) is 49.2 Å². The molecule has 2 aromatic heterocycles. The second-order valence-corrected chi connectivity index (χ2v) is 8.76. The van der Waals surface area contributed by atoms with Crippen LogP contribution in [0.3, 0.4) is 0 Å². The van der Waals surface area contributed by atoms with E-state index >= 15 is 0 Å². The summed E-state index contributed by atoms with van der Waals surface area (Å²) in [5.41, 5.74) is 3.21. The summed E-state index contributed by atoms with van der Waals surface area (Å²) < 4.78 is 52.3. The van der Waals surface area contributed by atoms with E-state index in [0.29, 0.717) is 5.92 Å². The number of morpholine rings is 1. The largest absolute Gasteiger partial charge is 0.490 e. The van der Waals surface area contributed by atoms with Crippen LogP contribution in [-0.4, -0.2) is 76.1 Å². The van der Waals surface area contributed by atoms with E-state index in [-0.39, 0.29) is 5.82 Å². The molecule has 2 aliphatic heterocycles. The number of halogens is 4. The minimum absolute atomic E-state index is 0.185. The first-order valence-electron chi connectivity index (χ1n) is 11.6. The van der Waals surface area contributed by atoms with Crippen molar-refractivity contribution >= 4 is 17.3 Å². The van der Waals surface area contributed by atoms with Crippen LogP contribution in [0.1, 0.15) is 30.1 Å². The van der Waals surface area contributed by atoms with E-state index in [0.717, 1.165) is 75.8 Å². The summed E-state index contributed by atoms with van der Waals surface area (Å²) in [5.74, 6) is -1.69. The second-order valence-electron chi connectivity index (χ2n) is 8.76. The first kappa shape index (κ1) is 25.8. The van der Waals surface area contributed by atoms with Gasteiger partial charge >= 0.3 is 12.1 Å². The van der Waals surface area contributed by atoms with Gasteiger partial charge in [0.25, 0.3) is 0 Å². The van der Waals surface area contributed by atoms with E-state index in [1.807, 2.05) is 16.6 Å². The molecule has 2 fully saturated rings. The number of benzene rings is 1. The van der Waals surface area contributed by atoms with Gasteiger partial charge < -0.3 is 14.7 Å². The Kier molecular flexibility index (Phi) is 8.04. The Balaban J connectivity index is 0.000000384.